The number of hydrogen-bond donors (Lipinski definition) is 0. The quantitative estimate of drug-likeness (QED) is 0.793. The maximum atomic E-state index is 12.9. The number of aryl methyl sites for hydroxylation is 1. The largest absolute Gasteiger partial charge is 0.369 e. The summed E-state index contributed by atoms with van der Waals surface area (Å²) in [6.07, 6.45) is 1.83. The third-order valence-electron chi connectivity index (χ3n) is 6.03. The highest BCUT2D eigenvalue weighted by molar-refractivity contribution is 7.89. The van der Waals surface area contributed by atoms with Gasteiger partial charge in [0.2, 0.25) is 10.0 Å². The summed E-state index contributed by atoms with van der Waals surface area (Å²) in [5.41, 5.74) is 2.37. The molecule has 150 valence electrons. The van der Waals surface area contributed by atoms with Gasteiger partial charge in [0.05, 0.1) is 4.90 Å². The van der Waals surface area contributed by atoms with Crippen molar-refractivity contribution in [1.82, 2.24) is 9.21 Å². The lowest BCUT2D eigenvalue weighted by molar-refractivity contribution is 0.132. The molecule has 0 bridgehead atoms. The van der Waals surface area contributed by atoms with Crippen LogP contribution in [0.25, 0.3) is 0 Å². The third-order valence-corrected chi connectivity index (χ3v) is 7.95. The Kier molecular flexibility index (Phi) is 5.71. The summed E-state index contributed by atoms with van der Waals surface area (Å²) in [6, 6.07) is 18.2. The molecule has 0 aliphatic carbocycles. The fourth-order valence-corrected chi connectivity index (χ4v) is 5.76. The molecule has 2 aromatic carbocycles. The Morgan fingerprint density at radius 3 is 2.00 bits per heavy atom. The zero-order valence-corrected chi connectivity index (χ0v) is 17.3. The monoisotopic (exact) mass is 399 g/mol. The Balaban J connectivity index is 1.32. The molecular weight excluding hydrogens is 370 g/mol. The maximum Gasteiger partial charge on any atom is 0.243 e. The van der Waals surface area contributed by atoms with E-state index >= 15 is 0 Å². The van der Waals surface area contributed by atoms with E-state index in [1.165, 1.54) is 5.69 Å². The molecule has 2 heterocycles. The second kappa shape index (κ2) is 8.23. The minimum Gasteiger partial charge on any atom is -0.369 e. The van der Waals surface area contributed by atoms with E-state index in [1.54, 1.807) is 16.4 Å². The van der Waals surface area contributed by atoms with Crippen LogP contribution in [-0.4, -0.2) is 62.9 Å². The van der Waals surface area contributed by atoms with E-state index in [0.29, 0.717) is 24.0 Å². The van der Waals surface area contributed by atoms with Gasteiger partial charge >= 0.3 is 0 Å². The SMILES string of the molecule is Cc1ccc(S(=O)(=O)N2CCC(N3CCN(c4ccccc4)CC3)CC2)cc1. The number of para-hydroxylation sites is 1. The number of hydrogen-bond acceptors (Lipinski definition) is 4. The molecule has 0 spiro atoms. The van der Waals surface area contributed by atoms with Crippen LogP contribution in [0.1, 0.15) is 18.4 Å². The van der Waals surface area contributed by atoms with Crippen molar-refractivity contribution in [3.63, 3.8) is 0 Å². The van der Waals surface area contributed by atoms with Crippen LogP contribution in [0.15, 0.2) is 59.5 Å². The topological polar surface area (TPSA) is 43.9 Å². The first-order valence-corrected chi connectivity index (χ1v) is 11.6. The molecule has 0 radical (unpaired) electrons. The number of piperidine rings is 1. The number of rotatable bonds is 4. The second-order valence-corrected chi connectivity index (χ2v) is 9.74. The van der Waals surface area contributed by atoms with Crippen molar-refractivity contribution in [3.05, 3.63) is 60.2 Å². The summed E-state index contributed by atoms with van der Waals surface area (Å²) in [6.45, 7) is 7.35. The van der Waals surface area contributed by atoms with Crippen molar-refractivity contribution in [2.75, 3.05) is 44.2 Å². The molecule has 5 nitrogen and oxygen atoms in total. The highest BCUT2D eigenvalue weighted by atomic mass is 32.2. The van der Waals surface area contributed by atoms with Gasteiger partial charge in [0.15, 0.2) is 0 Å². The Labute approximate surface area is 168 Å². The van der Waals surface area contributed by atoms with Crippen molar-refractivity contribution in [2.45, 2.75) is 30.7 Å². The lowest BCUT2D eigenvalue weighted by Crippen LogP contribution is -2.53. The van der Waals surface area contributed by atoms with Crippen molar-refractivity contribution in [2.24, 2.45) is 0 Å². The second-order valence-electron chi connectivity index (χ2n) is 7.81. The molecule has 2 aromatic rings. The van der Waals surface area contributed by atoms with Crippen LogP contribution < -0.4 is 4.90 Å². The molecule has 0 N–H and O–H groups in total. The standard InChI is InChI=1S/C22H29N3O2S/c1-19-7-9-22(10-8-19)28(26,27)25-13-11-21(12-14-25)24-17-15-23(16-18-24)20-5-3-2-4-6-20/h2-10,21H,11-18H2,1H3. The smallest absolute Gasteiger partial charge is 0.243 e. The van der Waals surface area contributed by atoms with Gasteiger partial charge in [0.1, 0.15) is 0 Å². The van der Waals surface area contributed by atoms with Crippen molar-refractivity contribution in [1.29, 1.82) is 0 Å². The van der Waals surface area contributed by atoms with Crippen LogP contribution in [-0.2, 0) is 10.0 Å². The minimum absolute atomic E-state index is 0.410. The Morgan fingerprint density at radius 1 is 0.786 bits per heavy atom. The van der Waals surface area contributed by atoms with E-state index in [2.05, 4.69) is 40.1 Å². The summed E-state index contributed by atoms with van der Waals surface area (Å²) in [5.74, 6) is 0. The molecule has 2 aliphatic rings. The highest BCUT2D eigenvalue weighted by Crippen LogP contribution is 2.25. The predicted molar refractivity (Wildman–Crippen MR) is 113 cm³/mol. The first kappa shape index (κ1) is 19.4. The lowest BCUT2D eigenvalue weighted by atomic mass is 10.0. The average molecular weight is 400 g/mol. The molecule has 6 heteroatoms. The Morgan fingerprint density at radius 2 is 1.39 bits per heavy atom. The number of nitrogens with zero attached hydrogens (tertiary/aromatic N) is 3. The number of anilines is 1. The fraction of sp³-hybridized carbons (Fsp3) is 0.455. The first-order valence-electron chi connectivity index (χ1n) is 10.1. The molecule has 2 saturated heterocycles. The van der Waals surface area contributed by atoms with Gasteiger partial charge in [-0.1, -0.05) is 35.9 Å². The van der Waals surface area contributed by atoms with Crippen LogP contribution in [0.4, 0.5) is 5.69 Å². The molecule has 0 unspecified atom stereocenters. The van der Waals surface area contributed by atoms with Gasteiger partial charge < -0.3 is 4.90 Å². The number of sulfonamides is 1. The van der Waals surface area contributed by atoms with E-state index in [4.69, 9.17) is 0 Å². The van der Waals surface area contributed by atoms with Crippen molar-refractivity contribution >= 4 is 15.7 Å². The summed E-state index contributed by atoms with van der Waals surface area (Å²) in [7, 11) is -3.37. The van der Waals surface area contributed by atoms with E-state index in [1.807, 2.05) is 19.1 Å². The van der Waals surface area contributed by atoms with Crippen molar-refractivity contribution in [3.8, 4) is 0 Å². The molecule has 2 fully saturated rings. The van der Waals surface area contributed by atoms with Gasteiger partial charge in [0, 0.05) is 51.0 Å². The van der Waals surface area contributed by atoms with Crippen LogP contribution in [0.2, 0.25) is 0 Å². The zero-order valence-electron chi connectivity index (χ0n) is 16.5. The van der Waals surface area contributed by atoms with Crippen molar-refractivity contribution < 1.29 is 8.42 Å². The molecule has 0 aromatic heterocycles. The van der Waals surface area contributed by atoms with Crippen LogP contribution in [0.5, 0.6) is 0 Å². The van der Waals surface area contributed by atoms with E-state index in [-0.39, 0.29) is 0 Å². The molecular formula is C22H29N3O2S. The highest BCUT2D eigenvalue weighted by Gasteiger charge is 2.32. The van der Waals surface area contributed by atoms with Gasteiger partial charge in [-0.05, 0) is 44.0 Å². The van der Waals surface area contributed by atoms with Gasteiger partial charge in [-0.2, -0.15) is 4.31 Å². The van der Waals surface area contributed by atoms with E-state index in [0.717, 1.165) is 44.6 Å². The van der Waals surface area contributed by atoms with Gasteiger partial charge in [0.25, 0.3) is 0 Å². The summed E-state index contributed by atoms with van der Waals surface area (Å²) >= 11 is 0. The van der Waals surface area contributed by atoms with Crippen LogP contribution in [0.3, 0.4) is 0 Å². The van der Waals surface area contributed by atoms with E-state index in [9.17, 15) is 8.42 Å². The molecule has 0 saturated carbocycles. The lowest BCUT2D eigenvalue weighted by Gasteiger charge is -2.43. The van der Waals surface area contributed by atoms with Gasteiger partial charge in [-0.3, -0.25) is 4.90 Å². The fourth-order valence-electron chi connectivity index (χ4n) is 4.29. The predicted octanol–water partition coefficient (Wildman–Crippen LogP) is 2.97. The van der Waals surface area contributed by atoms with Crippen LogP contribution >= 0.6 is 0 Å². The molecule has 2 aliphatic heterocycles. The molecule has 4 rings (SSSR count). The first-order chi connectivity index (χ1) is 13.5. The summed E-state index contributed by atoms with van der Waals surface area (Å²) in [4.78, 5) is 5.40. The summed E-state index contributed by atoms with van der Waals surface area (Å²) < 4.78 is 27.4. The summed E-state index contributed by atoms with van der Waals surface area (Å²) in [5, 5.41) is 0. The molecule has 0 atom stereocenters. The van der Waals surface area contributed by atoms with Gasteiger partial charge in [-0.25, -0.2) is 8.42 Å². The molecule has 28 heavy (non-hydrogen) atoms. The normalized spacial score (nSPS) is 20.4. The third kappa shape index (κ3) is 4.09. The number of benzene rings is 2. The van der Waals surface area contributed by atoms with Gasteiger partial charge in [-0.15, -0.1) is 0 Å². The van der Waals surface area contributed by atoms with E-state index < -0.39 is 10.0 Å². The van der Waals surface area contributed by atoms with Crippen LogP contribution in [0, 0.1) is 6.92 Å². The average Bonchev–Trinajstić information content (AvgIpc) is 2.75. The zero-order chi connectivity index (χ0) is 19.6. The Hall–Kier alpha value is -1.89. The molecule has 0 amide bonds. The minimum atomic E-state index is -3.37. The Bertz CT molecular complexity index is 868. The number of piperazine rings is 1. The maximum absolute atomic E-state index is 12.9.